The number of aryl methyl sites for hydroxylation is 1. The number of benzene rings is 2. The van der Waals surface area contributed by atoms with Crippen molar-refractivity contribution in [3.63, 3.8) is 0 Å². The van der Waals surface area contributed by atoms with Gasteiger partial charge >= 0.3 is 0 Å². The molecule has 166 valence electrons. The number of ether oxygens (including phenoxy) is 1. The highest BCUT2D eigenvalue weighted by molar-refractivity contribution is 7.20. The van der Waals surface area contributed by atoms with Gasteiger partial charge in [-0.05, 0) is 38.7 Å². The van der Waals surface area contributed by atoms with E-state index in [1.54, 1.807) is 7.11 Å². The van der Waals surface area contributed by atoms with E-state index in [0.29, 0.717) is 18.0 Å². The number of nitrogens with zero attached hydrogens (tertiary/aromatic N) is 3. The van der Waals surface area contributed by atoms with Gasteiger partial charge in [0, 0.05) is 17.5 Å². The van der Waals surface area contributed by atoms with E-state index in [4.69, 9.17) is 4.74 Å². The molecule has 0 fully saturated rings. The van der Waals surface area contributed by atoms with Crippen LogP contribution in [0.5, 0.6) is 5.75 Å². The summed E-state index contributed by atoms with van der Waals surface area (Å²) < 4.78 is 7.51. The van der Waals surface area contributed by atoms with Gasteiger partial charge in [0.05, 0.1) is 30.3 Å². The summed E-state index contributed by atoms with van der Waals surface area (Å²) in [6, 6.07) is 20.1. The Morgan fingerprint density at radius 3 is 2.59 bits per heavy atom. The summed E-state index contributed by atoms with van der Waals surface area (Å²) in [5, 5.41) is 8.82. The fraction of sp³-hybridized carbons (Fsp3) is 0.280. The van der Waals surface area contributed by atoms with Crippen molar-refractivity contribution >= 4 is 27.5 Å². The minimum atomic E-state index is -0.0707. The van der Waals surface area contributed by atoms with E-state index >= 15 is 0 Å². The molecule has 0 spiro atoms. The third kappa shape index (κ3) is 4.54. The molecule has 2 aromatic heterocycles. The average molecular weight is 449 g/mol. The number of carbonyl (C=O) groups excluding carboxylic acids is 1. The Balaban J connectivity index is 1.53. The number of hydrogen-bond donors (Lipinski definition) is 1. The number of rotatable bonds is 8. The van der Waals surface area contributed by atoms with Gasteiger partial charge in [-0.3, -0.25) is 9.48 Å². The molecule has 0 radical (unpaired) electrons. The Morgan fingerprint density at radius 2 is 1.88 bits per heavy atom. The zero-order valence-corrected chi connectivity index (χ0v) is 19.6. The highest BCUT2D eigenvalue weighted by Crippen LogP contribution is 2.30. The molecule has 0 aliphatic carbocycles. The number of para-hydroxylation sites is 1. The second-order valence-electron chi connectivity index (χ2n) is 7.99. The van der Waals surface area contributed by atoms with Gasteiger partial charge in [0.25, 0.3) is 5.91 Å². The summed E-state index contributed by atoms with van der Waals surface area (Å²) in [6.07, 6.45) is 0. The first-order valence-corrected chi connectivity index (χ1v) is 11.4. The maximum Gasteiger partial charge on any atom is 0.261 e. The lowest BCUT2D eigenvalue weighted by Crippen LogP contribution is -2.34. The van der Waals surface area contributed by atoms with E-state index in [-0.39, 0.29) is 11.9 Å². The standard InChI is InChI=1S/C25H28N4O2S/c1-17-20-14-23(32-25(20)29(27-17)16-18-10-6-5-7-11-18)24(30)26-15-21(28(2)3)19-12-8-9-13-22(19)31-4/h5-14,21H,15-16H2,1-4H3,(H,26,30). The molecule has 2 heterocycles. The summed E-state index contributed by atoms with van der Waals surface area (Å²) in [6.45, 7) is 3.15. The van der Waals surface area contributed by atoms with E-state index in [1.807, 2.05) is 74.2 Å². The molecule has 1 atom stereocenters. The predicted molar refractivity (Wildman–Crippen MR) is 130 cm³/mol. The van der Waals surface area contributed by atoms with Crippen molar-refractivity contribution in [3.8, 4) is 5.75 Å². The number of carbonyl (C=O) groups is 1. The molecule has 0 saturated carbocycles. The van der Waals surface area contributed by atoms with Gasteiger partial charge in [-0.1, -0.05) is 48.5 Å². The highest BCUT2D eigenvalue weighted by atomic mass is 32.1. The number of likely N-dealkylation sites (N-methyl/N-ethyl adjacent to an activating group) is 1. The highest BCUT2D eigenvalue weighted by Gasteiger charge is 2.21. The second-order valence-corrected chi connectivity index (χ2v) is 9.02. The van der Waals surface area contributed by atoms with Gasteiger partial charge in [-0.25, -0.2) is 0 Å². The lowest BCUT2D eigenvalue weighted by Gasteiger charge is -2.26. The van der Waals surface area contributed by atoms with E-state index in [0.717, 1.165) is 27.2 Å². The molecular formula is C25H28N4O2S. The number of hydrogen-bond acceptors (Lipinski definition) is 5. The van der Waals surface area contributed by atoms with Gasteiger partial charge < -0.3 is 15.0 Å². The minimum Gasteiger partial charge on any atom is -0.496 e. The molecule has 0 aliphatic heterocycles. The molecular weight excluding hydrogens is 420 g/mol. The first-order chi connectivity index (χ1) is 15.5. The molecule has 1 N–H and O–H groups in total. The van der Waals surface area contributed by atoms with E-state index in [1.165, 1.54) is 16.9 Å². The number of amides is 1. The Morgan fingerprint density at radius 1 is 1.16 bits per heavy atom. The minimum absolute atomic E-state index is 0.000198. The van der Waals surface area contributed by atoms with Gasteiger partial charge in [-0.15, -0.1) is 11.3 Å². The lowest BCUT2D eigenvalue weighted by atomic mass is 10.0. The van der Waals surface area contributed by atoms with E-state index in [2.05, 4.69) is 27.4 Å². The number of methoxy groups -OCH3 is 1. The van der Waals surface area contributed by atoms with Crippen LogP contribution in [0.1, 0.15) is 32.5 Å². The number of nitrogens with one attached hydrogen (secondary N) is 1. The molecule has 32 heavy (non-hydrogen) atoms. The Labute approximate surface area is 192 Å². The zero-order chi connectivity index (χ0) is 22.7. The molecule has 1 unspecified atom stereocenters. The number of aromatic nitrogens is 2. The van der Waals surface area contributed by atoms with Crippen molar-refractivity contribution in [1.82, 2.24) is 20.0 Å². The lowest BCUT2D eigenvalue weighted by molar-refractivity contribution is 0.0945. The monoisotopic (exact) mass is 448 g/mol. The molecule has 0 aliphatic rings. The van der Waals surface area contributed by atoms with Gasteiger partial charge in [0.15, 0.2) is 0 Å². The van der Waals surface area contributed by atoms with Gasteiger partial charge in [-0.2, -0.15) is 5.10 Å². The molecule has 0 bridgehead atoms. The topological polar surface area (TPSA) is 59.4 Å². The maximum atomic E-state index is 13.0. The summed E-state index contributed by atoms with van der Waals surface area (Å²) in [7, 11) is 5.68. The third-order valence-electron chi connectivity index (χ3n) is 5.58. The summed E-state index contributed by atoms with van der Waals surface area (Å²) in [5.74, 6) is 0.748. The summed E-state index contributed by atoms with van der Waals surface area (Å²) >= 11 is 1.49. The second kappa shape index (κ2) is 9.54. The average Bonchev–Trinajstić information content (AvgIpc) is 3.36. The normalized spacial score (nSPS) is 12.3. The number of thiophene rings is 1. The van der Waals surface area contributed by atoms with Crippen LogP contribution in [0.3, 0.4) is 0 Å². The van der Waals surface area contributed by atoms with Crippen molar-refractivity contribution in [1.29, 1.82) is 0 Å². The first-order valence-electron chi connectivity index (χ1n) is 10.6. The smallest absolute Gasteiger partial charge is 0.261 e. The van der Waals surface area contributed by atoms with Crippen LogP contribution < -0.4 is 10.1 Å². The summed E-state index contributed by atoms with van der Waals surface area (Å²) in [5.41, 5.74) is 3.17. The van der Waals surface area contributed by atoms with E-state index in [9.17, 15) is 4.79 Å². The van der Waals surface area contributed by atoms with Crippen molar-refractivity contribution in [2.45, 2.75) is 19.5 Å². The maximum absolute atomic E-state index is 13.0. The molecule has 4 aromatic rings. The fourth-order valence-corrected chi connectivity index (χ4v) is 4.95. The number of fused-ring (bicyclic) bond motifs is 1. The van der Waals surface area contributed by atoms with Crippen molar-refractivity contribution in [2.75, 3.05) is 27.7 Å². The Bertz CT molecular complexity index is 1210. The zero-order valence-electron chi connectivity index (χ0n) is 18.8. The Kier molecular flexibility index (Phi) is 6.58. The van der Waals surface area contributed by atoms with Crippen LogP contribution in [-0.4, -0.2) is 48.3 Å². The van der Waals surface area contributed by atoms with Crippen LogP contribution in [0.2, 0.25) is 0 Å². The third-order valence-corrected chi connectivity index (χ3v) is 6.73. The van der Waals surface area contributed by atoms with E-state index < -0.39 is 0 Å². The fourth-order valence-electron chi connectivity index (χ4n) is 3.88. The van der Waals surface area contributed by atoms with Crippen LogP contribution in [0.4, 0.5) is 0 Å². The van der Waals surface area contributed by atoms with Crippen molar-refractivity contribution < 1.29 is 9.53 Å². The largest absolute Gasteiger partial charge is 0.496 e. The van der Waals surface area contributed by atoms with Crippen molar-refractivity contribution in [3.05, 3.63) is 82.4 Å². The molecule has 0 saturated heterocycles. The molecule has 1 amide bonds. The van der Waals surface area contributed by atoms with Gasteiger partial charge in [0.1, 0.15) is 10.6 Å². The quantitative estimate of drug-likeness (QED) is 0.431. The van der Waals surface area contributed by atoms with Crippen LogP contribution in [0.15, 0.2) is 60.7 Å². The predicted octanol–water partition coefficient (Wildman–Crippen LogP) is 4.50. The van der Waals surface area contributed by atoms with Gasteiger partial charge in [0.2, 0.25) is 0 Å². The van der Waals surface area contributed by atoms with Crippen LogP contribution in [0.25, 0.3) is 10.2 Å². The molecule has 7 heteroatoms. The SMILES string of the molecule is COc1ccccc1C(CNC(=O)c1cc2c(C)nn(Cc3ccccc3)c2s1)N(C)C. The summed E-state index contributed by atoms with van der Waals surface area (Å²) in [4.78, 5) is 16.8. The molecule has 4 rings (SSSR count). The van der Waals surface area contributed by atoms with Crippen molar-refractivity contribution in [2.24, 2.45) is 0 Å². The molecule has 6 nitrogen and oxygen atoms in total. The Hall–Kier alpha value is -3.16. The molecule has 2 aromatic carbocycles. The van der Waals surface area contributed by atoms with Crippen LogP contribution in [-0.2, 0) is 6.54 Å². The van der Waals surface area contributed by atoms with Crippen LogP contribution >= 0.6 is 11.3 Å². The van der Waals surface area contributed by atoms with Crippen LogP contribution in [0, 0.1) is 6.92 Å². The first kappa shape index (κ1) is 22.0.